The SMILES string of the molecule is CC1CCN(C(=S)c2ccc(OCC(=O)Nc3ccc(Cl)cc3)cc2)CC1. The number of rotatable bonds is 5. The van der Waals surface area contributed by atoms with E-state index in [1.165, 1.54) is 12.8 Å². The van der Waals surface area contributed by atoms with E-state index in [1.807, 2.05) is 24.3 Å². The topological polar surface area (TPSA) is 41.6 Å². The van der Waals surface area contributed by atoms with Crippen molar-refractivity contribution < 1.29 is 9.53 Å². The highest BCUT2D eigenvalue weighted by Gasteiger charge is 2.18. The number of hydrogen-bond donors (Lipinski definition) is 1. The van der Waals surface area contributed by atoms with E-state index in [0.717, 1.165) is 29.6 Å². The molecule has 6 heteroatoms. The first-order valence-corrected chi connectivity index (χ1v) is 9.87. The molecule has 0 aromatic heterocycles. The van der Waals surface area contributed by atoms with E-state index in [4.69, 9.17) is 28.6 Å². The summed E-state index contributed by atoms with van der Waals surface area (Å²) in [6.07, 6.45) is 2.37. The fraction of sp³-hybridized carbons (Fsp3) is 0.333. The minimum absolute atomic E-state index is 0.0591. The first kappa shape index (κ1) is 19.6. The van der Waals surface area contributed by atoms with Gasteiger partial charge in [-0.15, -0.1) is 0 Å². The molecule has 27 heavy (non-hydrogen) atoms. The molecule has 1 aliphatic heterocycles. The summed E-state index contributed by atoms with van der Waals surface area (Å²) in [6.45, 7) is 4.26. The largest absolute Gasteiger partial charge is 0.484 e. The van der Waals surface area contributed by atoms with E-state index >= 15 is 0 Å². The third kappa shape index (κ3) is 5.68. The Kier molecular flexibility index (Phi) is 6.69. The van der Waals surface area contributed by atoms with Gasteiger partial charge >= 0.3 is 0 Å². The molecule has 1 amide bonds. The van der Waals surface area contributed by atoms with Crippen LogP contribution in [0.15, 0.2) is 48.5 Å². The van der Waals surface area contributed by atoms with Gasteiger partial charge in [-0.05, 0) is 67.3 Å². The molecule has 1 saturated heterocycles. The van der Waals surface area contributed by atoms with Gasteiger partial charge in [0.1, 0.15) is 10.7 Å². The second-order valence-electron chi connectivity index (χ2n) is 6.84. The molecule has 4 nitrogen and oxygen atoms in total. The summed E-state index contributed by atoms with van der Waals surface area (Å²) in [4.78, 5) is 15.1. The van der Waals surface area contributed by atoms with Crippen LogP contribution in [-0.2, 0) is 4.79 Å². The second-order valence-corrected chi connectivity index (χ2v) is 7.67. The van der Waals surface area contributed by atoms with Crippen LogP contribution in [0.1, 0.15) is 25.3 Å². The maximum absolute atomic E-state index is 12.0. The van der Waals surface area contributed by atoms with Crippen molar-refractivity contribution in [3.05, 3.63) is 59.1 Å². The number of halogens is 1. The van der Waals surface area contributed by atoms with Gasteiger partial charge < -0.3 is 15.0 Å². The highest BCUT2D eigenvalue weighted by molar-refractivity contribution is 7.80. The Bertz CT molecular complexity index is 785. The number of benzene rings is 2. The molecule has 3 rings (SSSR count). The van der Waals surface area contributed by atoms with Crippen LogP contribution in [0.4, 0.5) is 5.69 Å². The number of amides is 1. The fourth-order valence-electron chi connectivity index (χ4n) is 2.97. The van der Waals surface area contributed by atoms with Crippen LogP contribution in [0, 0.1) is 5.92 Å². The Morgan fingerprint density at radius 2 is 1.78 bits per heavy atom. The fourth-order valence-corrected chi connectivity index (χ4v) is 3.41. The maximum atomic E-state index is 12.0. The lowest BCUT2D eigenvalue weighted by Crippen LogP contribution is -2.37. The zero-order valence-corrected chi connectivity index (χ0v) is 16.9. The normalized spacial score (nSPS) is 14.7. The van der Waals surface area contributed by atoms with E-state index in [-0.39, 0.29) is 12.5 Å². The van der Waals surface area contributed by atoms with Crippen molar-refractivity contribution in [1.29, 1.82) is 0 Å². The molecule has 1 N–H and O–H groups in total. The lowest BCUT2D eigenvalue weighted by Gasteiger charge is -2.32. The zero-order valence-electron chi connectivity index (χ0n) is 15.3. The number of nitrogens with one attached hydrogen (secondary N) is 1. The van der Waals surface area contributed by atoms with Crippen LogP contribution >= 0.6 is 23.8 Å². The van der Waals surface area contributed by atoms with E-state index in [9.17, 15) is 4.79 Å². The lowest BCUT2D eigenvalue weighted by atomic mass is 9.99. The summed E-state index contributed by atoms with van der Waals surface area (Å²) in [5, 5.41) is 3.39. The van der Waals surface area contributed by atoms with Crippen molar-refractivity contribution in [1.82, 2.24) is 4.90 Å². The summed E-state index contributed by atoms with van der Waals surface area (Å²) in [7, 11) is 0. The van der Waals surface area contributed by atoms with Gasteiger partial charge in [0.05, 0.1) is 0 Å². The minimum atomic E-state index is -0.223. The van der Waals surface area contributed by atoms with Crippen molar-refractivity contribution in [2.75, 3.05) is 25.0 Å². The molecule has 0 spiro atoms. The van der Waals surface area contributed by atoms with Gasteiger partial charge in [-0.25, -0.2) is 0 Å². The van der Waals surface area contributed by atoms with Crippen molar-refractivity contribution in [2.45, 2.75) is 19.8 Å². The Morgan fingerprint density at radius 3 is 2.41 bits per heavy atom. The standard InChI is InChI=1S/C21H23ClN2O2S/c1-15-10-12-24(13-11-15)21(27)16-2-8-19(9-3-16)26-14-20(25)23-18-6-4-17(22)5-7-18/h2-9,15H,10-14H2,1H3,(H,23,25). The Labute approximate surface area is 170 Å². The number of carbonyl (C=O) groups is 1. The molecule has 0 radical (unpaired) electrons. The summed E-state index contributed by atoms with van der Waals surface area (Å²) in [5.74, 6) is 1.19. The van der Waals surface area contributed by atoms with Crippen LogP contribution in [-0.4, -0.2) is 35.5 Å². The number of piperidine rings is 1. The van der Waals surface area contributed by atoms with Gasteiger partial charge in [0.25, 0.3) is 5.91 Å². The van der Waals surface area contributed by atoms with Crippen molar-refractivity contribution in [3.63, 3.8) is 0 Å². The molecule has 1 heterocycles. The summed E-state index contributed by atoms with van der Waals surface area (Å²) in [5.41, 5.74) is 1.70. The number of ether oxygens (including phenoxy) is 1. The minimum Gasteiger partial charge on any atom is -0.484 e. The molecular formula is C21H23ClN2O2S. The molecular weight excluding hydrogens is 380 g/mol. The average molecular weight is 403 g/mol. The number of anilines is 1. The first-order valence-electron chi connectivity index (χ1n) is 9.09. The zero-order chi connectivity index (χ0) is 19.2. The van der Waals surface area contributed by atoms with Crippen LogP contribution in [0.5, 0.6) is 5.75 Å². The summed E-state index contributed by atoms with van der Waals surface area (Å²) < 4.78 is 5.56. The Morgan fingerprint density at radius 1 is 1.15 bits per heavy atom. The molecule has 0 atom stereocenters. The molecule has 0 unspecified atom stereocenters. The van der Waals surface area contributed by atoms with Crippen LogP contribution in [0.2, 0.25) is 5.02 Å². The van der Waals surface area contributed by atoms with E-state index in [1.54, 1.807) is 24.3 Å². The predicted molar refractivity (Wildman–Crippen MR) is 114 cm³/mol. The molecule has 0 saturated carbocycles. The molecule has 1 aliphatic rings. The average Bonchev–Trinajstić information content (AvgIpc) is 2.69. The molecule has 1 fully saturated rings. The summed E-state index contributed by atoms with van der Waals surface area (Å²) in [6, 6.07) is 14.5. The number of likely N-dealkylation sites (tertiary alicyclic amines) is 1. The van der Waals surface area contributed by atoms with Crippen LogP contribution in [0.25, 0.3) is 0 Å². The predicted octanol–water partition coefficient (Wildman–Crippen LogP) is 4.76. The number of hydrogen-bond acceptors (Lipinski definition) is 3. The van der Waals surface area contributed by atoms with Crippen molar-refractivity contribution in [2.24, 2.45) is 5.92 Å². The van der Waals surface area contributed by atoms with Gasteiger partial charge in [-0.3, -0.25) is 4.79 Å². The van der Waals surface area contributed by atoms with E-state index in [2.05, 4.69) is 17.1 Å². The monoisotopic (exact) mass is 402 g/mol. The molecule has 142 valence electrons. The van der Waals surface area contributed by atoms with Crippen LogP contribution in [0.3, 0.4) is 0 Å². The number of thiocarbonyl (C=S) groups is 1. The number of carbonyl (C=O) groups excluding carboxylic acids is 1. The van der Waals surface area contributed by atoms with Gasteiger partial charge in [0.15, 0.2) is 6.61 Å². The van der Waals surface area contributed by atoms with Crippen molar-refractivity contribution >= 4 is 40.4 Å². The molecule has 0 bridgehead atoms. The number of nitrogens with zero attached hydrogens (tertiary/aromatic N) is 1. The quantitative estimate of drug-likeness (QED) is 0.732. The third-order valence-corrected chi connectivity index (χ3v) is 5.42. The Balaban J connectivity index is 1.49. The molecule has 2 aromatic rings. The summed E-state index contributed by atoms with van der Waals surface area (Å²) >= 11 is 11.5. The van der Waals surface area contributed by atoms with Crippen LogP contribution < -0.4 is 10.1 Å². The smallest absolute Gasteiger partial charge is 0.262 e. The second kappa shape index (κ2) is 9.20. The molecule has 2 aromatic carbocycles. The van der Waals surface area contributed by atoms with Gasteiger partial charge in [-0.2, -0.15) is 0 Å². The van der Waals surface area contributed by atoms with E-state index < -0.39 is 0 Å². The highest BCUT2D eigenvalue weighted by atomic mass is 35.5. The van der Waals surface area contributed by atoms with Gasteiger partial charge in [-0.1, -0.05) is 30.7 Å². The van der Waals surface area contributed by atoms with E-state index in [0.29, 0.717) is 16.5 Å². The Hall–Kier alpha value is -2.11. The van der Waals surface area contributed by atoms with Gasteiger partial charge in [0, 0.05) is 29.4 Å². The lowest BCUT2D eigenvalue weighted by molar-refractivity contribution is -0.118. The third-order valence-electron chi connectivity index (χ3n) is 4.67. The van der Waals surface area contributed by atoms with Crippen molar-refractivity contribution in [3.8, 4) is 5.75 Å². The maximum Gasteiger partial charge on any atom is 0.262 e. The highest BCUT2D eigenvalue weighted by Crippen LogP contribution is 2.20. The van der Waals surface area contributed by atoms with Gasteiger partial charge in [0.2, 0.25) is 0 Å². The first-order chi connectivity index (χ1) is 13.0. The molecule has 0 aliphatic carbocycles.